The van der Waals surface area contributed by atoms with Crippen molar-refractivity contribution in [3.8, 4) is 0 Å². The van der Waals surface area contributed by atoms with Crippen LogP contribution in [0.15, 0.2) is 48.1 Å². The number of carbonyl (C=O) groups excluding carboxylic acids is 3. The molecule has 12 heteroatoms. The van der Waals surface area contributed by atoms with Crippen molar-refractivity contribution in [2.75, 3.05) is 30.4 Å². The van der Waals surface area contributed by atoms with Crippen LogP contribution in [0.25, 0.3) is 0 Å². The number of nitrogens with two attached hydrogens (primary N) is 2. The van der Waals surface area contributed by atoms with E-state index in [-0.39, 0.29) is 25.3 Å². The molecule has 2 amide bonds. The van der Waals surface area contributed by atoms with E-state index in [0.29, 0.717) is 36.5 Å². The summed E-state index contributed by atoms with van der Waals surface area (Å²) in [5.41, 5.74) is 13.7. The van der Waals surface area contributed by atoms with Gasteiger partial charge in [0.25, 0.3) is 0 Å². The molecule has 0 spiro atoms. The van der Waals surface area contributed by atoms with E-state index in [1.807, 2.05) is 24.5 Å². The molecule has 0 bridgehead atoms. The second-order valence-electron chi connectivity index (χ2n) is 9.99. The highest BCUT2D eigenvalue weighted by Gasteiger charge is 2.42. The van der Waals surface area contributed by atoms with Gasteiger partial charge in [0.1, 0.15) is 17.9 Å². The summed E-state index contributed by atoms with van der Waals surface area (Å²) in [7, 11) is 0. The quantitative estimate of drug-likeness (QED) is 0.153. The van der Waals surface area contributed by atoms with Crippen LogP contribution < -0.4 is 22.1 Å². The molecule has 0 saturated heterocycles. The number of thioether (sulfide) groups is 1. The first-order valence-electron chi connectivity index (χ1n) is 13.6. The Labute approximate surface area is 256 Å². The van der Waals surface area contributed by atoms with Crippen molar-refractivity contribution in [3.05, 3.63) is 59.4 Å². The second kappa shape index (κ2) is 17.8. The molecule has 1 aromatic carbocycles. The number of benzene rings is 1. The maximum atomic E-state index is 13.8. The lowest BCUT2D eigenvalue weighted by molar-refractivity contribution is -0.147. The van der Waals surface area contributed by atoms with Crippen molar-refractivity contribution in [3.63, 3.8) is 0 Å². The van der Waals surface area contributed by atoms with Crippen molar-refractivity contribution < 1.29 is 23.5 Å². The maximum Gasteiger partial charge on any atom is 0.328 e. The Morgan fingerprint density at radius 3 is 2.41 bits per heavy atom. The number of hydrogen-bond acceptors (Lipinski definition) is 7. The van der Waals surface area contributed by atoms with Crippen molar-refractivity contribution >= 4 is 52.7 Å². The van der Waals surface area contributed by atoms with E-state index in [0.717, 1.165) is 5.57 Å². The summed E-state index contributed by atoms with van der Waals surface area (Å²) < 4.78 is 18.5. The Hall–Kier alpha value is -2.11. The van der Waals surface area contributed by atoms with Gasteiger partial charge in [-0.05, 0) is 68.7 Å². The Kier molecular flexibility index (Phi) is 15.2. The van der Waals surface area contributed by atoms with E-state index in [1.54, 1.807) is 19.1 Å². The molecule has 2 rings (SSSR count). The summed E-state index contributed by atoms with van der Waals surface area (Å²) in [4.78, 5) is 39.7. The molecular formula is C29H41Cl2FN4O4S. The molecule has 1 aromatic rings. The first kappa shape index (κ1) is 35.1. The Morgan fingerprint density at radius 2 is 1.80 bits per heavy atom. The van der Waals surface area contributed by atoms with E-state index >= 15 is 0 Å². The van der Waals surface area contributed by atoms with Crippen LogP contribution in [0.2, 0.25) is 0 Å². The average molecular weight is 632 g/mol. The average Bonchev–Trinajstić information content (AvgIpc) is 2.94. The minimum atomic E-state index is -1.10. The van der Waals surface area contributed by atoms with Crippen LogP contribution in [0, 0.1) is 11.2 Å². The monoisotopic (exact) mass is 630 g/mol. The summed E-state index contributed by atoms with van der Waals surface area (Å²) >= 11 is 13.8. The molecule has 228 valence electrons. The first-order chi connectivity index (χ1) is 19.6. The molecule has 0 fully saturated rings. The zero-order chi connectivity index (χ0) is 30.4. The molecule has 0 aliphatic heterocycles. The number of ether oxygens (including phenoxy) is 1. The molecule has 8 nitrogen and oxygen atoms in total. The maximum absolute atomic E-state index is 13.8. The number of nitrogens with one attached hydrogen (secondary N) is 2. The molecule has 6 N–H and O–H groups in total. The van der Waals surface area contributed by atoms with Gasteiger partial charge in [-0.25, -0.2) is 9.18 Å². The largest absolute Gasteiger partial charge is 0.464 e. The summed E-state index contributed by atoms with van der Waals surface area (Å²) in [6, 6.07) is 2.18. The van der Waals surface area contributed by atoms with Crippen LogP contribution >= 0.6 is 35.0 Å². The van der Waals surface area contributed by atoms with Gasteiger partial charge in [0.2, 0.25) is 11.8 Å². The van der Waals surface area contributed by atoms with Crippen molar-refractivity contribution in [2.45, 2.75) is 63.2 Å². The highest BCUT2D eigenvalue weighted by molar-refractivity contribution is 7.98. The Bertz CT molecular complexity index is 1080. The van der Waals surface area contributed by atoms with Gasteiger partial charge < -0.3 is 26.8 Å². The lowest BCUT2D eigenvalue weighted by atomic mass is 9.68. The fraction of sp³-hybridized carbons (Fsp3) is 0.552. The second-order valence-corrected chi connectivity index (χ2v) is 11.7. The predicted molar refractivity (Wildman–Crippen MR) is 164 cm³/mol. The van der Waals surface area contributed by atoms with Crippen molar-refractivity contribution in [1.29, 1.82) is 0 Å². The Balaban J connectivity index is 2.36. The van der Waals surface area contributed by atoms with Crippen LogP contribution in [0.1, 0.15) is 38.2 Å². The molecule has 2 unspecified atom stereocenters. The van der Waals surface area contributed by atoms with E-state index in [2.05, 4.69) is 10.6 Å². The summed E-state index contributed by atoms with van der Waals surface area (Å²) in [5.74, 6) is -0.834. The minimum absolute atomic E-state index is 0.107. The molecule has 0 radical (unpaired) electrons. The smallest absolute Gasteiger partial charge is 0.328 e. The molecule has 0 aromatic heterocycles. The minimum Gasteiger partial charge on any atom is -0.464 e. The van der Waals surface area contributed by atoms with Gasteiger partial charge in [-0.1, -0.05) is 35.9 Å². The number of allylic oxidation sites excluding steroid dienone is 2. The van der Waals surface area contributed by atoms with Gasteiger partial charge in [-0.15, -0.1) is 23.2 Å². The third-order valence-electron chi connectivity index (χ3n) is 7.12. The van der Waals surface area contributed by atoms with E-state index in [4.69, 9.17) is 39.4 Å². The number of rotatable bonds is 17. The molecule has 5 atom stereocenters. The highest BCUT2D eigenvalue weighted by atomic mass is 35.5. The zero-order valence-electron chi connectivity index (χ0n) is 23.5. The lowest BCUT2D eigenvalue weighted by Crippen LogP contribution is -2.58. The highest BCUT2D eigenvalue weighted by Crippen LogP contribution is 2.40. The van der Waals surface area contributed by atoms with Gasteiger partial charge in [-0.2, -0.15) is 11.8 Å². The fourth-order valence-electron chi connectivity index (χ4n) is 4.83. The third-order valence-corrected chi connectivity index (χ3v) is 8.14. The van der Waals surface area contributed by atoms with Crippen LogP contribution in [0.3, 0.4) is 0 Å². The normalized spacial score (nSPS) is 20.5. The van der Waals surface area contributed by atoms with Crippen LogP contribution in [0.5, 0.6) is 0 Å². The Morgan fingerprint density at radius 1 is 1.12 bits per heavy atom. The summed E-state index contributed by atoms with van der Waals surface area (Å²) in [5, 5.41) is 5.57. The third kappa shape index (κ3) is 10.6. The van der Waals surface area contributed by atoms with Gasteiger partial charge in [0, 0.05) is 23.2 Å². The molecule has 0 saturated carbocycles. The zero-order valence-corrected chi connectivity index (χ0v) is 25.9. The fourth-order valence-corrected chi connectivity index (χ4v) is 5.88. The van der Waals surface area contributed by atoms with Crippen LogP contribution in [0.4, 0.5) is 4.39 Å². The number of carbonyl (C=O) groups is 3. The molecular weight excluding hydrogens is 590 g/mol. The van der Waals surface area contributed by atoms with Crippen molar-refractivity contribution in [1.82, 2.24) is 10.6 Å². The summed E-state index contributed by atoms with van der Waals surface area (Å²) in [6.45, 7) is 1.85. The van der Waals surface area contributed by atoms with E-state index < -0.39 is 53.2 Å². The number of esters is 1. The number of halogens is 3. The summed E-state index contributed by atoms with van der Waals surface area (Å²) in [6.07, 6.45) is 9.17. The van der Waals surface area contributed by atoms with Gasteiger partial charge in [0.15, 0.2) is 0 Å². The molecule has 0 heterocycles. The van der Waals surface area contributed by atoms with Crippen molar-refractivity contribution in [2.24, 2.45) is 16.9 Å². The van der Waals surface area contributed by atoms with E-state index in [1.165, 1.54) is 23.9 Å². The number of hydrogen-bond donors (Lipinski definition) is 4. The SMILES string of the molecule is CCOC(=O)[C@H](CCSC)NC(=O)[C@H](CC1(CCCl)C=CC=C(CCCl)C1N)NC(=O)[C@@H](N)Cc1ccc(F)cc1. The van der Waals surface area contributed by atoms with E-state index in [9.17, 15) is 18.8 Å². The molecule has 41 heavy (non-hydrogen) atoms. The lowest BCUT2D eigenvalue weighted by Gasteiger charge is -2.42. The first-order valence-corrected chi connectivity index (χ1v) is 16.1. The van der Waals surface area contributed by atoms with Gasteiger partial charge >= 0.3 is 5.97 Å². The van der Waals surface area contributed by atoms with Crippen LogP contribution in [-0.2, 0) is 25.5 Å². The molecule has 1 aliphatic carbocycles. The van der Waals surface area contributed by atoms with Crippen LogP contribution in [-0.4, -0.2) is 72.3 Å². The standard InChI is InChI=1S/C29H41Cl2FN4O4S/c1-3-40-28(39)23(11-16-41-2)35-27(38)24(36-26(37)22(33)17-19-6-8-21(32)9-7-19)18-29(13-15-31)12-4-5-20(10-14-30)25(29)34/h4-9,12,22-25H,3,10-11,13-18,33-34H2,1-2H3,(H,35,38)(H,36,37)/t22-,23-,24-,25?,29?/m0/s1. The van der Waals surface area contributed by atoms with Gasteiger partial charge in [-0.3, -0.25) is 9.59 Å². The molecule has 1 aliphatic rings. The number of alkyl halides is 2. The topological polar surface area (TPSA) is 137 Å². The number of amides is 2. The van der Waals surface area contributed by atoms with Gasteiger partial charge in [0.05, 0.1) is 12.6 Å². The predicted octanol–water partition coefficient (Wildman–Crippen LogP) is 3.44.